The third kappa shape index (κ3) is 4.27. The molecule has 0 aliphatic heterocycles. The predicted molar refractivity (Wildman–Crippen MR) is 161 cm³/mol. The number of thioether (sulfide) groups is 1. The summed E-state index contributed by atoms with van der Waals surface area (Å²) in [6.45, 7) is 21.2. The van der Waals surface area contributed by atoms with E-state index >= 15 is 0 Å². The molecule has 1 N–H and O–H groups in total. The summed E-state index contributed by atoms with van der Waals surface area (Å²) in [6.07, 6.45) is 10.7. The van der Waals surface area contributed by atoms with Gasteiger partial charge in [0.05, 0.1) is 6.61 Å². The quantitative estimate of drug-likeness (QED) is 0.228. The fourth-order valence-electron chi connectivity index (χ4n) is 9.50. The van der Waals surface area contributed by atoms with Crippen molar-refractivity contribution < 1.29 is 19.4 Å². The maximum absolute atomic E-state index is 12.3. The number of carbonyl (C=O) groups excluding carboxylic acids is 1. The molecule has 216 valence electrons. The van der Waals surface area contributed by atoms with E-state index in [0.717, 1.165) is 23.8 Å². The van der Waals surface area contributed by atoms with Crippen LogP contribution in [0.15, 0.2) is 17.7 Å². The van der Waals surface area contributed by atoms with Crippen molar-refractivity contribution in [2.45, 2.75) is 123 Å². The van der Waals surface area contributed by atoms with Gasteiger partial charge in [0.2, 0.25) is 0 Å². The molecule has 0 amide bonds. The van der Waals surface area contributed by atoms with E-state index in [0.29, 0.717) is 10.7 Å². The van der Waals surface area contributed by atoms with Gasteiger partial charge in [0.15, 0.2) is 11.5 Å². The van der Waals surface area contributed by atoms with Crippen molar-refractivity contribution in [1.29, 1.82) is 0 Å². The number of hydrogen-bond acceptors (Lipinski definition) is 5. The molecule has 0 bridgehead atoms. The molecule has 4 aliphatic rings. The monoisotopic (exact) mass is 554 g/mol. The molecule has 0 spiro atoms. The van der Waals surface area contributed by atoms with Crippen LogP contribution in [-0.2, 0) is 10.2 Å². The Kier molecular flexibility index (Phi) is 7.22. The summed E-state index contributed by atoms with van der Waals surface area (Å²) < 4.78 is 10.6. The van der Waals surface area contributed by atoms with Crippen molar-refractivity contribution in [3.05, 3.63) is 34.4 Å². The molecule has 5 rings (SSSR count). The van der Waals surface area contributed by atoms with Crippen molar-refractivity contribution >= 4 is 17.9 Å². The highest BCUT2D eigenvalue weighted by molar-refractivity contribution is 8.00. The van der Waals surface area contributed by atoms with Crippen LogP contribution in [-0.4, -0.2) is 23.1 Å². The van der Waals surface area contributed by atoms with Gasteiger partial charge in [-0.15, -0.1) is 11.8 Å². The van der Waals surface area contributed by atoms with Gasteiger partial charge in [-0.2, -0.15) is 0 Å². The van der Waals surface area contributed by atoms with E-state index in [9.17, 15) is 9.90 Å². The van der Waals surface area contributed by atoms with E-state index in [1.54, 1.807) is 12.5 Å². The summed E-state index contributed by atoms with van der Waals surface area (Å²) in [5, 5.41) is 11.8. The molecule has 7 atom stereocenters. The second kappa shape index (κ2) is 9.74. The van der Waals surface area contributed by atoms with Crippen LogP contribution in [0.4, 0.5) is 4.79 Å². The lowest BCUT2D eigenvalue weighted by molar-refractivity contribution is -0.145. The fraction of sp³-hybridized carbons (Fsp3) is 0.735. The molecule has 4 nitrogen and oxygen atoms in total. The Morgan fingerprint density at radius 2 is 1.85 bits per heavy atom. The van der Waals surface area contributed by atoms with Gasteiger partial charge in [-0.25, -0.2) is 4.79 Å². The molecule has 0 radical (unpaired) electrons. The molecule has 3 fully saturated rings. The molecule has 3 saturated carbocycles. The lowest BCUT2D eigenvalue weighted by Crippen LogP contribution is -2.61. The number of carbonyl (C=O) groups is 1. The van der Waals surface area contributed by atoms with Crippen LogP contribution in [0, 0.1) is 35.0 Å². The minimum Gasteiger partial charge on any atom is -0.504 e. The summed E-state index contributed by atoms with van der Waals surface area (Å²) in [4.78, 5) is 12.3. The Morgan fingerprint density at radius 1 is 1.13 bits per heavy atom. The zero-order valence-corrected chi connectivity index (χ0v) is 26.5. The highest BCUT2D eigenvalue weighted by Crippen LogP contribution is 2.74. The number of allylic oxidation sites excluding steroid dienone is 1. The molecular weight excluding hydrogens is 504 g/mol. The molecule has 4 aliphatic carbocycles. The number of hydrogen-bond donors (Lipinski definition) is 1. The van der Waals surface area contributed by atoms with E-state index in [1.165, 1.54) is 49.7 Å². The average Bonchev–Trinajstić information content (AvgIpc) is 2.85. The zero-order valence-electron chi connectivity index (χ0n) is 25.7. The number of aromatic hydroxyl groups is 1. The number of ether oxygens (including phenoxy) is 2. The highest BCUT2D eigenvalue weighted by Gasteiger charge is 2.65. The van der Waals surface area contributed by atoms with Crippen LogP contribution < -0.4 is 4.74 Å². The Labute approximate surface area is 240 Å². The molecular formula is C34H50O4S. The first kappa shape index (κ1) is 28.9. The van der Waals surface area contributed by atoms with Gasteiger partial charge in [-0.1, -0.05) is 66.5 Å². The molecule has 1 aromatic rings. The number of fused-ring (bicyclic) bond motifs is 7. The van der Waals surface area contributed by atoms with E-state index < -0.39 is 6.16 Å². The number of rotatable bonds is 4. The third-order valence-electron chi connectivity index (χ3n) is 11.9. The summed E-state index contributed by atoms with van der Waals surface area (Å²) in [7, 11) is 0. The highest BCUT2D eigenvalue weighted by atomic mass is 32.2. The number of benzene rings is 1. The van der Waals surface area contributed by atoms with Gasteiger partial charge in [0.1, 0.15) is 0 Å². The number of phenols is 1. The van der Waals surface area contributed by atoms with Crippen molar-refractivity contribution in [3.8, 4) is 11.5 Å². The second-order valence-electron chi connectivity index (χ2n) is 14.4. The summed E-state index contributed by atoms with van der Waals surface area (Å²) in [6, 6.07) is 1.92. The first-order valence-electron chi connectivity index (χ1n) is 15.3. The maximum Gasteiger partial charge on any atom is 0.513 e. The lowest BCUT2D eigenvalue weighted by Gasteiger charge is -2.69. The van der Waals surface area contributed by atoms with Crippen molar-refractivity contribution in [2.24, 2.45) is 28.1 Å². The third-order valence-corrected chi connectivity index (χ3v) is 13.1. The molecule has 0 aromatic heterocycles. The standard InChI is InChI=1S/C34H50O4S/c1-10-37-30(36)38-29-22(5)28-23(18-24(29)35)32(7)14-16-33(8)26-17-21(4)11-12-31(26,6)13-15-34(33,9)27(32)19-25(28)39-20(2)3/h18-21,25-26,35H,10-17H2,1-9H3/t21-,25?,26+,31+,32-,33-,34+/m0/s1. The molecule has 1 unspecified atom stereocenters. The normalized spacial score (nSPS) is 39.1. The second-order valence-corrected chi connectivity index (χ2v) is 16.2. The van der Waals surface area contributed by atoms with Crippen LogP contribution in [0.25, 0.3) is 0 Å². The maximum atomic E-state index is 12.3. The molecule has 1 aromatic carbocycles. The van der Waals surface area contributed by atoms with E-state index in [2.05, 4.69) is 54.5 Å². The molecule has 39 heavy (non-hydrogen) atoms. The van der Waals surface area contributed by atoms with Gasteiger partial charge in [0, 0.05) is 16.2 Å². The van der Waals surface area contributed by atoms with Gasteiger partial charge in [0.25, 0.3) is 0 Å². The lowest BCUT2D eigenvalue weighted by atomic mass is 9.35. The number of phenolic OH excluding ortho intramolecular Hbond substituents is 1. The van der Waals surface area contributed by atoms with Gasteiger partial charge >= 0.3 is 6.16 Å². The largest absolute Gasteiger partial charge is 0.513 e. The molecule has 0 saturated heterocycles. The first-order chi connectivity index (χ1) is 18.2. The Morgan fingerprint density at radius 3 is 2.51 bits per heavy atom. The van der Waals surface area contributed by atoms with Crippen LogP contribution >= 0.6 is 11.8 Å². The Balaban J connectivity index is 1.66. The van der Waals surface area contributed by atoms with Gasteiger partial charge in [-0.05, 0) is 103 Å². The summed E-state index contributed by atoms with van der Waals surface area (Å²) in [5.41, 5.74) is 5.52. The summed E-state index contributed by atoms with van der Waals surface area (Å²) >= 11 is 1.96. The smallest absolute Gasteiger partial charge is 0.504 e. The van der Waals surface area contributed by atoms with Crippen LogP contribution in [0.3, 0.4) is 0 Å². The van der Waals surface area contributed by atoms with E-state index in [1.807, 2.05) is 24.8 Å². The van der Waals surface area contributed by atoms with Crippen molar-refractivity contribution in [3.63, 3.8) is 0 Å². The Bertz CT molecular complexity index is 1190. The summed E-state index contributed by atoms with van der Waals surface area (Å²) in [5.74, 6) is 1.81. The predicted octanol–water partition coefficient (Wildman–Crippen LogP) is 9.66. The Hall–Kier alpha value is -1.62. The van der Waals surface area contributed by atoms with Crippen LogP contribution in [0.1, 0.15) is 122 Å². The van der Waals surface area contributed by atoms with E-state index in [-0.39, 0.29) is 39.6 Å². The molecule has 5 heteroatoms. The minimum absolute atomic E-state index is 0.0332. The first-order valence-corrected chi connectivity index (χ1v) is 16.2. The SMILES string of the molecule is CCOC(=O)Oc1c(O)cc2c(c1C)C(SC(C)C)C=C1[C@@]2(C)CC[C@@]2(C)[C@@H]3C[C@@H](C)CC[C@]3(C)CC[C@]12C. The average molecular weight is 555 g/mol. The van der Waals surface area contributed by atoms with Crippen molar-refractivity contribution in [1.82, 2.24) is 0 Å². The molecule has 0 heterocycles. The van der Waals surface area contributed by atoms with Gasteiger partial charge in [-0.3, -0.25) is 0 Å². The van der Waals surface area contributed by atoms with E-state index in [4.69, 9.17) is 9.47 Å². The van der Waals surface area contributed by atoms with Crippen LogP contribution in [0.2, 0.25) is 0 Å². The zero-order chi connectivity index (χ0) is 28.5. The van der Waals surface area contributed by atoms with Crippen LogP contribution in [0.5, 0.6) is 11.5 Å². The van der Waals surface area contributed by atoms with Gasteiger partial charge < -0.3 is 14.6 Å². The topological polar surface area (TPSA) is 55.8 Å². The fourth-order valence-corrected chi connectivity index (χ4v) is 10.7. The minimum atomic E-state index is -0.768. The van der Waals surface area contributed by atoms with Crippen molar-refractivity contribution in [2.75, 3.05) is 6.61 Å².